The number of fused-ring (bicyclic) bond motifs is 1. The van der Waals surface area contributed by atoms with Gasteiger partial charge >= 0.3 is 0 Å². The average molecular weight is 468 g/mol. The molecule has 0 unspecified atom stereocenters. The Bertz CT molecular complexity index is 1240. The van der Waals surface area contributed by atoms with Crippen molar-refractivity contribution in [1.29, 1.82) is 0 Å². The van der Waals surface area contributed by atoms with Gasteiger partial charge in [-0.25, -0.2) is 13.1 Å². The number of hydrogen-bond acceptors (Lipinski definition) is 5. The van der Waals surface area contributed by atoms with Gasteiger partial charge in [-0.3, -0.25) is 9.69 Å². The maximum Gasteiger partial charge on any atom is 0.243 e. The van der Waals surface area contributed by atoms with Gasteiger partial charge in [-0.1, -0.05) is 43.2 Å². The number of nitrogens with one attached hydrogen (secondary N) is 1. The van der Waals surface area contributed by atoms with E-state index in [1.165, 1.54) is 17.1 Å². The zero-order chi connectivity index (χ0) is 22.8. The average Bonchev–Trinajstić information content (AvgIpc) is 3.51. The molecule has 174 valence electrons. The quantitative estimate of drug-likeness (QED) is 0.602. The van der Waals surface area contributed by atoms with Gasteiger partial charge in [-0.15, -0.1) is 0 Å². The molecule has 8 nitrogen and oxygen atoms in total. The van der Waals surface area contributed by atoms with Crippen LogP contribution in [0.4, 0.5) is 5.82 Å². The van der Waals surface area contributed by atoms with E-state index in [1.54, 1.807) is 18.3 Å². The van der Waals surface area contributed by atoms with Gasteiger partial charge in [0.2, 0.25) is 15.9 Å². The largest absolute Gasteiger partial charge is 0.310 e. The normalized spacial score (nSPS) is 18.7. The fourth-order valence-electron chi connectivity index (χ4n) is 4.84. The third kappa shape index (κ3) is 4.66. The highest BCUT2D eigenvalue weighted by atomic mass is 32.2. The van der Waals surface area contributed by atoms with Crippen LogP contribution < -0.4 is 5.32 Å². The smallest absolute Gasteiger partial charge is 0.243 e. The summed E-state index contributed by atoms with van der Waals surface area (Å²) in [4.78, 5) is 15.0. The Morgan fingerprint density at radius 1 is 0.970 bits per heavy atom. The van der Waals surface area contributed by atoms with Crippen molar-refractivity contribution >= 4 is 32.5 Å². The second-order valence-corrected chi connectivity index (χ2v) is 10.8. The maximum atomic E-state index is 13.2. The lowest BCUT2D eigenvalue weighted by molar-refractivity contribution is -0.117. The molecule has 2 heterocycles. The molecule has 2 aliphatic rings. The molecule has 1 N–H and O–H groups in total. The molecule has 3 aromatic rings. The maximum absolute atomic E-state index is 13.2. The van der Waals surface area contributed by atoms with E-state index < -0.39 is 10.0 Å². The second kappa shape index (κ2) is 9.24. The highest BCUT2D eigenvalue weighted by molar-refractivity contribution is 7.89. The summed E-state index contributed by atoms with van der Waals surface area (Å²) in [5, 5.41) is 9.31. The van der Waals surface area contributed by atoms with Crippen molar-refractivity contribution < 1.29 is 13.2 Å². The Morgan fingerprint density at radius 3 is 2.45 bits per heavy atom. The van der Waals surface area contributed by atoms with Gasteiger partial charge in [-0.05, 0) is 35.7 Å². The van der Waals surface area contributed by atoms with Crippen molar-refractivity contribution in [3.63, 3.8) is 0 Å². The van der Waals surface area contributed by atoms with Gasteiger partial charge in [0.1, 0.15) is 5.82 Å². The van der Waals surface area contributed by atoms with E-state index in [0.717, 1.165) is 29.4 Å². The molecule has 0 radical (unpaired) electrons. The number of piperazine rings is 1. The van der Waals surface area contributed by atoms with Crippen LogP contribution >= 0.6 is 0 Å². The topological polar surface area (TPSA) is 87.5 Å². The summed E-state index contributed by atoms with van der Waals surface area (Å²) in [6.45, 7) is 1.99. The van der Waals surface area contributed by atoms with Crippen molar-refractivity contribution in [2.24, 2.45) is 0 Å². The number of anilines is 1. The highest BCUT2D eigenvalue weighted by Gasteiger charge is 2.29. The van der Waals surface area contributed by atoms with Crippen molar-refractivity contribution in [2.45, 2.75) is 36.6 Å². The zero-order valence-corrected chi connectivity index (χ0v) is 19.4. The van der Waals surface area contributed by atoms with Crippen LogP contribution in [-0.4, -0.2) is 66.0 Å². The summed E-state index contributed by atoms with van der Waals surface area (Å²) in [6, 6.07) is 15.2. The summed E-state index contributed by atoms with van der Waals surface area (Å²) < 4.78 is 29.8. The van der Waals surface area contributed by atoms with Crippen LogP contribution in [0.3, 0.4) is 0 Å². The molecule has 1 saturated carbocycles. The summed E-state index contributed by atoms with van der Waals surface area (Å²) in [5.74, 6) is 0.644. The van der Waals surface area contributed by atoms with E-state index in [2.05, 4.69) is 10.4 Å². The lowest BCUT2D eigenvalue weighted by Crippen LogP contribution is -2.50. The van der Waals surface area contributed by atoms with Crippen LogP contribution in [0.5, 0.6) is 0 Å². The first-order valence-corrected chi connectivity index (χ1v) is 13.0. The van der Waals surface area contributed by atoms with Gasteiger partial charge in [-0.2, -0.15) is 9.40 Å². The van der Waals surface area contributed by atoms with Gasteiger partial charge in [0.05, 0.1) is 23.7 Å². The number of benzene rings is 2. The Labute approximate surface area is 194 Å². The van der Waals surface area contributed by atoms with E-state index in [-0.39, 0.29) is 12.5 Å². The Kier molecular flexibility index (Phi) is 6.18. The molecule has 1 aliphatic carbocycles. The molecule has 1 aromatic heterocycles. The van der Waals surface area contributed by atoms with E-state index in [9.17, 15) is 13.2 Å². The second-order valence-electron chi connectivity index (χ2n) is 8.84. The van der Waals surface area contributed by atoms with Crippen molar-refractivity contribution in [3.8, 4) is 0 Å². The fraction of sp³-hybridized carbons (Fsp3) is 0.417. The Hall–Kier alpha value is -2.75. The summed E-state index contributed by atoms with van der Waals surface area (Å²) in [5.41, 5.74) is 0. The predicted octanol–water partition coefficient (Wildman–Crippen LogP) is 3.10. The number of carbonyl (C=O) groups excluding carboxylic acids is 1. The van der Waals surface area contributed by atoms with E-state index in [0.29, 0.717) is 37.1 Å². The third-order valence-electron chi connectivity index (χ3n) is 6.67. The monoisotopic (exact) mass is 467 g/mol. The number of aromatic nitrogens is 2. The summed E-state index contributed by atoms with van der Waals surface area (Å²) in [7, 11) is -3.57. The number of rotatable bonds is 6. The van der Waals surface area contributed by atoms with E-state index >= 15 is 0 Å². The molecule has 1 saturated heterocycles. The first kappa shape index (κ1) is 22.1. The SMILES string of the molecule is O=C(CN1CCN(S(=O)(=O)c2ccc3ccccc3c2)CC1)Nc1ccnn1C1CCCC1. The van der Waals surface area contributed by atoms with Gasteiger partial charge in [0.15, 0.2) is 0 Å². The minimum atomic E-state index is -3.57. The molecule has 0 spiro atoms. The van der Waals surface area contributed by atoms with E-state index in [4.69, 9.17) is 0 Å². The van der Waals surface area contributed by atoms with Gasteiger partial charge < -0.3 is 5.32 Å². The van der Waals surface area contributed by atoms with Crippen LogP contribution in [0.15, 0.2) is 59.6 Å². The van der Waals surface area contributed by atoms with Crippen LogP contribution in [0.25, 0.3) is 10.8 Å². The number of amides is 1. The number of carbonyl (C=O) groups is 1. The minimum Gasteiger partial charge on any atom is -0.310 e. The standard InChI is InChI=1S/C24H29N5O3S/c30-24(26-23-11-12-25-29(23)21-7-3-4-8-21)18-27-13-15-28(16-14-27)33(31,32)22-10-9-19-5-1-2-6-20(19)17-22/h1-2,5-6,9-12,17,21H,3-4,7-8,13-16,18H2,(H,26,30). The highest BCUT2D eigenvalue weighted by Crippen LogP contribution is 2.31. The first-order chi connectivity index (χ1) is 16.0. The van der Waals surface area contributed by atoms with Crippen LogP contribution in [0.1, 0.15) is 31.7 Å². The van der Waals surface area contributed by atoms with E-state index in [1.807, 2.05) is 46.0 Å². The molecule has 2 aromatic carbocycles. The molecule has 1 amide bonds. The molecule has 1 aliphatic heterocycles. The molecule has 33 heavy (non-hydrogen) atoms. The lowest BCUT2D eigenvalue weighted by atomic mass is 10.1. The lowest BCUT2D eigenvalue weighted by Gasteiger charge is -2.33. The zero-order valence-electron chi connectivity index (χ0n) is 18.6. The van der Waals surface area contributed by atoms with Gasteiger partial charge in [0.25, 0.3) is 0 Å². The number of sulfonamides is 1. The molecule has 2 fully saturated rings. The Morgan fingerprint density at radius 2 is 1.70 bits per heavy atom. The molecular formula is C24H29N5O3S. The summed E-state index contributed by atoms with van der Waals surface area (Å²) >= 11 is 0. The molecular weight excluding hydrogens is 438 g/mol. The van der Waals surface area contributed by atoms with Gasteiger partial charge in [0, 0.05) is 32.2 Å². The first-order valence-electron chi connectivity index (χ1n) is 11.6. The Balaban J connectivity index is 1.18. The predicted molar refractivity (Wildman–Crippen MR) is 128 cm³/mol. The number of nitrogens with zero attached hydrogens (tertiary/aromatic N) is 4. The molecule has 5 rings (SSSR count). The number of hydrogen-bond donors (Lipinski definition) is 1. The van der Waals surface area contributed by atoms with Crippen molar-refractivity contribution in [2.75, 3.05) is 38.0 Å². The van der Waals surface area contributed by atoms with Crippen LogP contribution in [0.2, 0.25) is 0 Å². The molecule has 0 atom stereocenters. The third-order valence-corrected chi connectivity index (χ3v) is 8.56. The van der Waals surface area contributed by atoms with Crippen molar-refractivity contribution in [1.82, 2.24) is 19.0 Å². The minimum absolute atomic E-state index is 0.0967. The van der Waals surface area contributed by atoms with Crippen LogP contribution in [0, 0.1) is 0 Å². The molecule has 9 heteroatoms. The fourth-order valence-corrected chi connectivity index (χ4v) is 6.30. The van der Waals surface area contributed by atoms with Crippen LogP contribution in [-0.2, 0) is 14.8 Å². The molecule has 0 bridgehead atoms. The van der Waals surface area contributed by atoms with Crippen molar-refractivity contribution in [3.05, 3.63) is 54.7 Å². The summed E-state index contributed by atoms with van der Waals surface area (Å²) in [6.07, 6.45) is 6.31.